The second-order valence-corrected chi connectivity index (χ2v) is 6.29. The summed E-state index contributed by atoms with van der Waals surface area (Å²) in [7, 11) is 0. The Morgan fingerprint density at radius 2 is 2.04 bits per heavy atom. The number of aromatic nitrogens is 2. The minimum Gasteiger partial charge on any atom is -0.440 e. The maximum Gasteiger partial charge on any atom is 0.229 e. The molecule has 1 N–H and O–H groups in total. The number of oxazole rings is 1. The predicted octanol–water partition coefficient (Wildman–Crippen LogP) is 3.67. The van der Waals surface area contributed by atoms with Gasteiger partial charge in [0.1, 0.15) is 11.9 Å². The number of hydrogen-bond acceptors (Lipinski definition) is 4. The highest BCUT2D eigenvalue weighted by molar-refractivity contribution is 5.79. The van der Waals surface area contributed by atoms with Gasteiger partial charge in [-0.1, -0.05) is 32.0 Å². The van der Waals surface area contributed by atoms with Gasteiger partial charge in [-0.3, -0.25) is 9.78 Å². The molecule has 0 aliphatic carbocycles. The van der Waals surface area contributed by atoms with Crippen molar-refractivity contribution in [2.45, 2.75) is 32.7 Å². The fourth-order valence-corrected chi connectivity index (χ4v) is 2.71. The van der Waals surface area contributed by atoms with E-state index in [2.05, 4.69) is 29.1 Å². The third kappa shape index (κ3) is 3.98. The number of carbonyl (C=O) groups excluding carboxylic acids is 1. The van der Waals surface area contributed by atoms with Gasteiger partial charge >= 0.3 is 0 Å². The minimum absolute atomic E-state index is 0.0596. The lowest BCUT2D eigenvalue weighted by Crippen LogP contribution is -2.30. The van der Waals surface area contributed by atoms with Crippen LogP contribution in [0.25, 0.3) is 11.1 Å². The van der Waals surface area contributed by atoms with Crippen molar-refractivity contribution >= 4 is 17.0 Å². The summed E-state index contributed by atoms with van der Waals surface area (Å²) in [4.78, 5) is 20.9. The molecule has 0 fully saturated rings. The van der Waals surface area contributed by atoms with E-state index in [4.69, 9.17) is 4.42 Å². The lowest BCUT2D eigenvalue weighted by Gasteiger charge is -2.20. The van der Waals surface area contributed by atoms with Crippen LogP contribution < -0.4 is 5.32 Å². The summed E-state index contributed by atoms with van der Waals surface area (Å²) in [5, 5.41) is 3.08. The van der Waals surface area contributed by atoms with Gasteiger partial charge in [0.25, 0.3) is 0 Å². The Morgan fingerprint density at radius 1 is 1.21 bits per heavy atom. The molecular formula is C19H21N3O2. The maximum absolute atomic E-state index is 12.4. The zero-order valence-electron chi connectivity index (χ0n) is 13.9. The highest BCUT2D eigenvalue weighted by atomic mass is 16.3. The molecule has 2 aromatic heterocycles. The largest absolute Gasteiger partial charge is 0.440 e. The molecule has 0 spiro atoms. The molecule has 1 unspecified atom stereocenters. The van der Waals surface area contributed by atoms with Gasteiger partial charge in [0, 0.05) is 12.4 Å². The average Bonchev–Trinajstić information content (AvgIpc) is 2.96. The second kappa shape index (κ2) is 7.25. The van der Waals surface area contributed by atoms with Crippen molar-refractivity contribution < 1.29 is 9.21 Å². The van der Waals surface area contributed by atoms with Crippen molar-refractivity contribution in [3.63, 3.8) is 0 Å². The summed E-state index contributed by atoms with van der Waals surface area (Å²) in [6, 6.07) is 11.3. The van der Waals surface area contributed by atoms with Crippen LogP contribution in [-0.4, -0.2) is 15.9 Å². The normalized spacial score (nSPS) is 12.5. The van der Waals surface area contributed by atoms with Crippen molar-refractivity contribution in [2.75, 3.05) is 0 Å². The molecule has 5 heteroatoms. The molecular weight excluding hydrogens is 302 g/mol. The molecule has 1 aromatic carbocycles. The van der Waals surface area contributed by atoms with Gasteiger partial charge < -0.3 is 9.73 Å². The molecule has 24 heavy (non-hydrogen) atoms. The molecule has 0 saturated carbocycles. The number of fused-ring (bicyclic) bond motifs is 1. The highest BCUT2D eigenvalue weighted by Gasteiger charge is 2.18. The van der Waals surface area contributed by atoms with E-state index >= 15 is 0 Å². The van der Waals surface area contributed by atoms with Crippen LogP contribution in [0.2, 0.25) is 0 Å². The van der Waals surface area contributed by atoms with Gasteiger partial charge in [-0.25, -0.2) is 4.98 Å². The summed E-state index contributed by atoms with van der Waals surface area (Å²) in [6.07, 6.45) is 4.51. The van der Waals surface area contributed by atoms with E-state index in [1.54, 1.807) is 12.4 Å². The van der Waals surface area contributed by atoms with Crippen molar-refractivity contribution in [2.24, 2.45) is 5.92 Å². The zero-order valence-corrected chi connectivity index (χ0v) is 13.9. The fourth-order valence-electron chi connectivity index (χ4n) is 2.71. The smallest absolute Gasteiger partial charge is 0.229 e. The van der Waals surface area contributed by atoms with Crippen molar-refractivity contribution in [3.8, 4) is 0 Å². The Balaban J connectivity index is 1.71. The average molecular weight is 323 g/mol. The summed E-state index contributed by atoms with van der Waals surface area (Å²) in [5.41, 5.74) is 2.48. The lowest BCUT2D eigenvalue weighted by atomic mass is 9.98. The van der Waals surface area contributed by atoms with E-state index in [1.165, 1.54) is 0 Å². The van der Waals surface area contributed by atoms with Gasteiger partial charge in [-0.15, -0.1) is 0 Å². The Kier molecular flexibility index (Phi) is 4.89. The fraction of sp³-hybridized carbons (Fsp3) is 0.316. The number of pyridine rings is 1. The minimum atomic E-state index is -0.101. The molecule has 0 aliphatic rings. The molecule has 5 nitrogen and oxygen atoms in total. The molecule has 1 atom stereocenters. The predicted molar refractivity (Wildman–Crippen MR) is 92.3 cm³/mol. The van der Waals surface area contributed by atoms with Crippen LogP contribution in [0.5, 0.6) is 0 Å². The standard InChI is InChI=1S/C19H21N3O2/c1-13(2)10-16(14-6-5-9-20-12-14)21-18(23)11-19-22-15-7-3-4-8-17(15)24-19/h3-9,12-13,16H,10-11H2,1-2H3,(H,21,23). The first kappa shape index (κ1) is 16.2. The molecule has 0 saturated heterocycles. The first-order chi connectivity index (χ1) is 11.6. The van der Waals surface area contributed by atoms with Crippen LogP contribution >= 0.6 is 0 Å². The van der Waals surface area contributed by atoms with E-state index in [1.807, 2.05) is 36.4 Å². The van der Waals surface area contributed by atoms with Gasteiger partial charge in [-0.2, -0.15) is 0 Å². The number of nitrogens with one attached hydrogen (secondary N) is 1. The number of benzene rings is 1. The van der Waals surface area contributed by atoms with Gasteiger partial charge in [0.05, 0.1) is 6.04 Å². The number of carbonyl (C=O) groups is 1. The van der Waals surface area contributed by atoms with Crippen molar-refractivity contribution in [1.82, 2.24) is 15.3 Å². The first-order valence-corrected chi connectivity index (χ1v) is 8.15. The van der Waals surface area contributed by atoms with Gasteiger partial charge in [0.2, 0.25) is 11.8 Å². The summed E-state index contributed by atoms with van der Waals surface area (Å²) in [5.74, 6) is 0.791. The first-order valence-electron chi connectivity index (χ1n) is 8.15. The van der Waals surface area contributed by atoms with Crippen LogP contribution in [-0.2, 0) is 11.2 Å². The van der Waals surface area contributed by atoms with Gasteiger partial charge in [0.15, 0.2) is 5.58 Å². The van der Waals surface area contributed by atoms with Crippen LogP contribution in [0, 0.1) is 5.92 Å². The molecule has 124 valence electrons. The van der Waals surface area contributed by atoms with E-state index in [-0.39, 0.29) is 18.4 Å². The summed E-state index contributed by atoms with van der Waals surface area (Å²) in [6.45, 7) is 4.27. The Labute approximate surface area is 141 Å². The Hall–Kier alpha value is -2.69. The number of amides is 1. The maximum atomic E-state index is 12.4. The molecule has 0 bridgehead atoms. The zero-order chi connectivity index (χ0) is 16.9. The molecule has 0 aliphatic heterocycles. The van der Waals surface area contributed by atoms with E-state index in [0.717, 1.165) is 17.5 Å². The Bertz CT molecular complexity index is 779. The second-order valence-electron chi connectivity index (χ2n) is 6.29. The number of para-hydroxylation sites is 2. The summed E-state index contributed by atoms with van der Waals surface area (Å²) < 4.78 is 5.62. The Morgan fingerprint density at radius 3 is 2.75 bits per heavy atom. The third-order valence-corrected chi connectivity index (χ3v) is 3.78. The SMILES string of the molecule is CC(C)CC(NC(=O)Cc1nc2ccccc2o1)c1cccnc1. The monoisotopic (exact) mass is 323 g/mol. The summed E-state index contributed by atoms with van der Waals surface area (Å²) >= 11 is 0. The van der Waals surface area contributed by atoms with Crippen LogP contribution in [0.3, 0.4) is 0 Å². The molecule has 0 radical (unpaired) electrons. The third-order valence-electron chi connectivity index (χ3n) is 3.78. The van der Waals surface area contributed by atoms with E-state index in [0.29, 0.717) is 17.4 Å². The molecule has 1 amide bonds. The van der Waals surface area contributed by atoms with Crippen LogP contribution in [0.1, 0.15) is 37.8 Å². The van der Waals surface area contributed by atoms with Crippen molar-refractivity contribution in [3.05, 3.63) is 60.2 Å². The molecule has 3 rings (SSSR count). The van der Waals surface area contributed by atoms with Crippen LogP contribution in [0.4, 0.5) is 0 Å². The molecule has 2 heterocycles. The quantitative estimate of drug-likeness (QED) is 0.751. The van der Waals surface area contributed by atoms with Crippen molar-refractivity contribution in [1.29, 1.82) is 0 Å². The van der Waals surface area contributed by atoms with E-state index < -0.39 is 0 Å². The van der Waals surface area contributed by atoms with E-state index in [9.17, 15) is 4.79 Å². The topological polar surface area (TPSA) is 68.0 Å². The number of hydrogen-bond donors (Lipinski definition) is 1. The van der Waals surface area contributed by atoms with Gasteiger partial charge in [-0.05, 0) is 36.1 Å². The highest BCUT2D eigenvalue weighted by Crippen LogP contribution is 2.21. The lowest BCUT2D eigenvalue weighted by molar-refractivity contribution is -0.121. The number of nitrogens with zero attached hydrogens (tertiary/aromatic N) is 2. The van der Waals surface area contributed by atoms with Crippen LogP contribution in [0.15, 0.2) is 53.2 Å². The molecule has 3 aromatic rings. The number of rotatable bonds is 6.